The Bertz CT molecular complexity index is 420. The quantitative estimate of drug-likeness (QED) is 0.503. The van der Waals surface area contributed by atoms with Crippen LogP contribution in [0.4, 0.5) is 0 Å². The number of hydrogen-bond acceptors (Lipinski definition) is 4. The van der Waals surface area contributed by atoms with E-state index in [0.717, 1.165) is 6.26 Å². The van der Waals surface area contributed by atoms with Crippen molar-refractivity contribution in [3.63, 3.8) is 0 Å². The summed E-state index contributed by atoms with van der Waals surface area (Å²) in [5.41, 5.74) is 2.36. The molecule has 0 fully saturated rings. The van der Waals surface area contributed by atoms with Crippen LogP contribution in [-0.4, -0.2) is 55.1 Å². The first kappa shape index (κ1) is 14.5. The van der Waals surface area contributed by atoms with Gasteiger partial charge in [0.2, 0.25) is 10.0 Å². The Hall–Kier alpha value is -0.470. The normalized spacial score (nSPS) is 10.2. The number of amides is 1. The van der Waals surface area contributed by atoms with E-state index >= 15 is 0 Å². The van der Waals surface area contributed by atoms with Crippen LogP contribution in [-0.2, 0) is 10.0 Å². The zero-order valence-corrected chi connectivity index (χ0v) is 8.21. The Morgan fingerprint density at radius 2 is 1.87 bits per heavy atom. The summed E-state index contributed by atoms with van der Waals surface area (Å²) in [4.78, 5) is 16.8. The zero-order chi connectivity index (χ0) is 10.6. The van der Waals surface area contributed by atoms with E-state index in [-0.39, 0.29) is 29.6 Å². The number of carbonyl (C=O) groups is 1. The van der Waals surface area contributed by atoms with Crippen molar-refractivity contribution in [1.82, 2.24) is 15.2 Å². The molecule has 0 atom stereocenters. The van der Waals surface area contributed by atoms with Crippen LogP contribution in [0.2, 0.25) is 0 Å². The SMILES string of the molecule is CS(=O)(=O)NNC(=O)c1ccncc1.[NaH]. The number of hydrazine groups is 1. The van der Waals surface area contributed by atoms with Crippen molar-refractivity contribution in [2.24, 2.45) is 0 Å². The molecule has 78 valence electrons. The molecule has 1 heterocycles. The summed E-state index contributed by atoms with van der Waals surface area (Å²) in [6, 6.07) is 2.94. The second kappa shape index (κ2) is 6.19. The fourth-order valence-electron chi connectivity index (χ4n) is 0.715. The minimum atomic E-state index is -3.42. The summed E-state index contributed by atoms with van der Waals surface area (Å²) in [5, 5.41) is 0. The van der Waals surface area contributed by atoms with Crippen LogP contribution in [0.25, 0.3) is 0 Å². The van der Waals surface area contributed by atoms with Gasteiger partial charge in [-0.25, -0.2) is 8.42 Å². The minimum absolute atomic E-state index is 0. The van der Waals surface area contributed by atoms with Gasteiger partial charge < -0.3 is 0 Å². The molecule has 0 spiro atoms. The average molecular weight is 239 g/mol. The van der Waals surface area contributed by atoms with E-state index in [1.54, 1.807) is 0 Å². The van der Waals surface area contributed by atoms with Crippen molar-refractivity contribution < 1.29 is 13.2 Å². The molecule has 0 aliphatic rings. The molecule has 0 aromatic carbocycles. The molecule has 1 aromatic heterocycles. The molecule has 2 N–H and O–H groups in total. The van der Waals surface area contributed by atoms with Gasteiger partial charge in [-0.1, -0.05) is 0 Å². The third-order valence-corrected chi connectivity index (χ3v) is 1.77. The van der Waals surface area contributed by atoms with Gasteiger partial charge in [0, 0.05) is 18.0 Å². The van der Waals surface area contributed by atoms with Crippen LogP contribution in [0.15, 0.2) is 24.5 Å². The Morgan fingerprint density at radius 3 is 2.33 bits per heavy atom. The number of pyridine rings is 1. The Kier molecular flexibility index (Phi) is 5.99. The summed E-state index contributed by atoms with van der Waals surface area (Å²) >= 11 is 0. The Balaban J connectivity index is 0.00000196. The fraction of sp³-hybridized carbons (Fsp3) is 0.143. The van der Waals surface area contributed by atoms with E-state index in [4.69, 9.17) is 0 Å². The van der Waals surface area contributed by atoms with Gasteiger partial charge in [0.15, 0.2) is 0 Å². The van der Waals surface area contributed by atoms with Crippen LogP contribution >= 0.6 is 0 Å². The summed E-state index contributed by atoms with van der Waals surface area (Å²) in [6.45, 7) is 0. The third-order valence-electron chi connectivity index (χ3n) is 1.29. The summed E-state index contributed by atoms with van der Waals surface area (Å²) in [7, 11) is -3.42. The molecule has 0 saturated heterocycles. The zero-order valence-electron chi connectivity index (χ0n) is 7.39. The topological polar surface area (TPSA) is 88.2 Å². The van der Waals surface area contributed by atoms with Gasteiger partial charge in [0.25, 0.3) is 5.91 Å². The van der Waals surface area contributed by atoms with E-state index < -0.39 is 15.9 Å². The summed E-state index contributed by atoms with van der Waals surface area (Å²) < 4.78 is 21.3. The van der Waals surface area contributed by atoms with Gasteiger partial charge in [-0.05, 0) is 12.1 Å². The molecular formula is C7H10N3NaO3S. The Labute approximate surface area is 110 Å². The molecule has 0 aliphatic carbocycles. The van der Waals surface area contributed by atoms with Gasteiger partial charge in [-0.2, -0.15) is 0 Å². The first-order valence-corrected chi connectivity index (χ1v) is 5.55. The monoisotopic (exact) mass is 239 g/mol. The molecule has 15 heavy (non-hydrogen) atoms. The van der Waals surface area contributed by atoms with Gasteiger partial charge in [0.1, 0.15) is 0 Å². The fourth-order valence-corrected chi connectivity index (χ4v) is 0.993. The van der Waals surface area contributed by atoms with E-state index in [9.17, 15) is 13.2 Å². The maximum atomic E-state index is 11.2. The van der Waals surface area contributed by atoms with Crippen molar-refractivity contribution in [2.75, 3.05) is 6.26 Å². The molecule has 0 radical (unpaired) electrons. The van der Waals surface area contributed by atoms with Gasteiger partial charge in [-0.3, -0.25) is 15.2 Å². The first-order chi connectivity index (χ1) is 6.49. The molecule has 0 saturated carbocycles. The predicted molar refractivity (Wildman–Crippen MR) is 56.8 cm³/mol. The first-order valence-electron chi connectivity index (χ1n) is 3.66. The van der Waals surface area contributed by atoms with Crippen LogP contribution in [0.5, 0.6) is 0 Å². The molecule has 1 aromatic rings. The predicted octanol–water partition coefficient (Wildman–Crippen LogP) is -1.37. The van der Waals surface area contributed by atoms with Crippen molar-refractivity contribution in [3.05, 3.63) is 30.1 Å². The van der Waals surface area contributed by atoms with E-state index in [1.807, 2.05) is 10.3 Å². The van der Waals surface area contributed by atoms with E-state index in [1.165, 1.54) is 24.5 Å². The van der Waals surface area contributed by atoms with Gasteiger partial charge in [0.05, 0.1) is 6.26 Å². The van der Waals surface area contributed by atoms with Crippen LogP contribution < -0.4 is 10.3 Å². The summed E-state index contributed by atoms with van der Waals surface area (Å²) in [6.07, 6.45) is 3.82. The van der Waals surface area contributed by atoms with Crippen LogP contribution in [0, 0.1) is 0 Å². The maximum absolute atomic E-state index is 11.2. The van der Waals surface area contributed by atoms with E-state index in [0.29, 0.717) is 5.56 Å². The molecular weight excluding hydrogens is 229 g/mol. The Morgan fingerprint density at radius 1 is 1.33 bits per heavy atom. The molecule has 1 amide bonds. The van der Waals surface area contributed by atoms with Gasteiger partial charge in [-0.15, -0.1) is 4.83 Å². The third kappa shape index (κ3) is 5.85. The average Bonchev–Trinajstić information content (AvgIpc) is 2.14. The number of rotatable bonds is 3. The molecule has 0 aliphatic heterocycles. The molecule has 0 unspecified atom stereocenters. The standard InChI is InChI=1S/C7H9N3O3S.Na.H/c1-14(12,13)10-9-7(11)6-2-4-8-5-3-6;;/h2-5,10H,1H3,(H,9,11);;. The van der Waals surface area contributed by atoms with Crippen LogP contribution in [0.3, 0.4) is 0 Å². The number of nitrogens with zero attached hydrogens (tertiary/aromatic N) is 1. The number of hydrogen-bond donors (Lipinski definition) is 2. The number of aromatic nitrogens is 1. The van der Waals surface area contributed by atoms with Crippen molar-refractivity contribution in [3.8, 4) is 0 Å². The second-order valence-electron chi connectivity index (χ2n) is 2.56. The number of nitrogens with one attached hydrogen (secondary N) is 2. The number of sulfonamides is 1. The molecule has 6 nitrogen and oxygen atoms in total. The second-order valence-corrected chi connectivity index (χ2v) is 4.31. The van der Waals surface area contributed by atoms with Crippen molar-refractivity contribution in [2.45, 2.75) is 0 Å². The summed E-state index contributed by atoms with van der Waals surface area (Å²) in [5.74, 6) is -0.530. The number of carbonyl (C=O) groups excluding carboxylic acids is 1. The van der Waals surface area contributed by atoms with Crippen molar-refractivity contribution >= 4 is 45.5 Å². The van der Waals surface area contributed by atoms with E-state index in [2.05, 4.69) is 4.98 Å². The van der Waals surface area contributed by atoms with Crippen molar-refractivity contribution in [1.29, 1.82) is 0 Å². The molecule has 0 bridgehead atoms. The molecule has 1 rings (SSSR count). The molecule has 8 heteroatoms. The van der Waals surface area contributed by atoms with Gasteiger partial charge >= 0.3 is 29.6 Å². The van der Waals surface area contributed by atoms with Crippen LogP contribution in [0.1, 0.15) is 10.4 Å².